The fourth-order valence-corrected chi connectivity index (χ4v) is 2.89. The van der Waals surface area contributed by atoms with Gasteiger partial charge < -0.3 is 10.0 Å². The second-order valence-corrected chi connectivity index (χ2v) is 6.08. The highest BCUT2D eigenvalue weighted by Crippen LogP contribution is 2.26. The maximum Gasteiger partial charge on any atom is 0.343 e. The SMILES string of the molecule is O=C(Cc1ccc(-c2ccccc2)cc1)N1CCC(F)(C(=O)O)C1. The molecule has 124 valence electrons. The van der Waals surface area contributed by atoms with Gasteiger partial charge in [-0.3, -0.25) is 4.79 Å². The summed E-state index contributed by atoms with van der Waals surface area (Å²) in [6.07, 6.45) is -0.00815. The van der Waals surface area contributed by atoms with Crippen molar-refractivity contribution in [1.82, 2.24) is 4.90 Å². The quantitative estimate of drug-likeness (QED) is 0.939. The molecule has 1 amide bonds. The van der Waals surface area contributed by atoms with E-state index in [9.17, 15) is 14.0 Å². The number of halogens is 1. The lowest BCUT2D eigenvalue weighted by Gasteiger charge is -2.17. The molecular formula is C19H18FNO3. The molecule has 0 aromatic heterocycles. The van der Waals surface area contributed by atoms with Gasteiger partial charge in [0.15, 0.2) is 0 Å². The van der Waals surface area contributed by atoms with Crippen molar-refractivity contribution in [2.75, 3.05) is 13.1 Å². The summed E-state index contributed by atoms with van der Waals surface area (Å²) in [5.74, 6) is -1.74. The number of hydrogen-bond donors (Lipinski definition) is 1. The van der Waals surface area contributed by atoms with Gasteiger partial charge in [-0.2, -0.15) is 0 Å². The van der Waals surface area contributed by atoms with Crippen LogP contribution in [0.4, 0.5) is 4.39 Å². The molecular weight excluding hydrogens is 309 g/mol. The fourth-order valence-electron chi connectivity index (χ4n) is 2.89. The van der Waals surface area contributed by atoms with Crippen molar-refractivity contribution in [3.8, 4) is 11.1 Å². The number of aliphatic carboxylic acids is 1. The Kier molecular flexibility index (Phi) is 4.34. The summed E-state index contributed by atoms with van der Waals surface area (Å²) in [7, 11) is 0. The van der Waals surface area contributed by atoms with Gasteiger partial charge in [-0.05, 0) is 16.7 Å². The minimum absolute atomic E-state index is 0.143. The summed E-state index contributed by atoms with van der Waals surface area (Å²) in [4.78, 5) is 24.4. The molecule has 1 fully saturated rings. The van der Waals surface area contributed by atoms with Crippen molar-refractivity contribution >= 4 is 11.9 Å². The van der Waals surface area contributed by atoms with E-state index in [1.807, 2.05) is 54.6 Å². The third-order valence-electron chi connectivity index (χ3n) is 4.37. The Bertz CT molecular complexity index is 745. The molecule has 1 aliphatic heterocycles. The predicted molar refractivity (Wildman–Crippen MR) is 88.3 cm³/mol. The van der Waals surface area contributed by atoms with Crippen LogP contribution in [0, 0.1) is 0 Å². The van der Waals surface area contributed by atoms with Crippen molar-refractivity contribution in [2.24, 2.45) is 0 Å². The van der Waals surface area contributed by atoms with Crippen LogP contribution in [0.25, 0.3) is 11.1 Å². The Morgan fingerprint density at radius 2 is 1.67 bits per heavy atom. The van der Waals surface area contributed by atoms with Crippen molar-refractivity contribution in [3.63, 3.8) is 0 Å². The normalized spacial score (nSPS) is 20.1. The summed E-state index contributed by atoms with van der Waals surface area (Å²) in [6, 6.07) is 17.5. The molecule has 1 saturated heterocycles. The molecule has 1 heterocycles. The fraction of sp³-hybridized carbons (Fsp3) is 0.263. The smallest absolute Gasteiger partial charge is 0.343 e. The van der Waals surface area contributed by atoms with Crippen LogP contribution < -0.4 is 0 Å². The molecule has 1 N–H and O–H groups in total. The van der Waals surface area contributed by atoms with E-state index in [0.717, 1.165) is 16.7 Å². The first-order valence-corrected chi connectivity index (χ1v) is 7.82. The standard InChI is InChI=1S/C19H18FNO3/c20-19(18(23)24)10-11-21(13-19)17(22)12-14-6-8-16(9-7-14)15-4-2-1-3-5-15/h1-9H,10-13H2,(H,23,24). The number of hydrogen-bond acceptors (Lipinski definition) is 2. The largest absolute Gasteiger partial charge is 0.479 e. The average molecular weight is 327 g/mol. The Balaban J connectivity index is 1.64. The minimum Gasteiger partial charge on any atom is -0.479 e. The Morgan fingerprint density at radius 3 is 2.25 bits per heavy atom. The number of amides is 1. The lowest BCUT2D eigenvalue weighted by molar-refractivity contribution is -0.150. The average Bonchev–Trinajstić information content (AvgIpc) is 3.00. The van der Waals surface area contributed by atoms with E-state index >= 15 is 0 Å². The minimum atomic E-state index is -2.31. The van der Waals surface area contributed by atoms with Gasteiger partial charge in [-0.1, -0.05) is 54.6 Å². The first-order chi connectivity index (χ1) is 11.5. The van der Waals surface area contributed by atoms with Crippen LogP contribution in [0.1, 0.15) is 12.0 Å². The van der Waals surface area contributed by atoms with E-state index in [1.165, 1.54) is 4.90 Å². The van der Waals surface area contributed by atoms with Crippen molar-refractivity contribution in [3.05, 3.63) is 60.2 Å². The second-order valence-electron chi connectivity index (χ2n) is 6.08. The summed E-state index contributed by atoms with van der Waals surface area (Å²) >= 11 is 0. The van der Waals surface area contributed by atoms with E-state index in [0.29, 0.717) is 0 Å². The predicted octanol–water partition coefficient (Wildman–Crippen LogP) is 2.92. The third kappa shape index (κ3) is 3.30. The molecule has 3 rings (SSSR count). The van der Waals surface area contributed by atoms with Gasteiger partial charge in [-0.15, -0.1) is 0 Å². The monoisotopic (exact) mass is 327 g/mol. The zero-order valence-electron chi connectivity index (χ0n) is 13.1. The van der Waals surface area contributed by atoms with Crippen LogP contribution in [-0.2, 0) is 16.0 Å². The zero-order valence-corrected chi connectivity index (χ0v) is 13.1. The molecule has 0 saturated carbocycles. The summed E-state index contributed by atoms with van der Waals surface area (Å²) in [6.45, 7) is -0.229. The van der Waals surface area contributed by atoms with E-state index in [4.69, 9.17) is 5.11 Å². The lowest BCUT2D eigenvalue weighted by atomic mass is 10.0. The van der Waals surface area contributed by atoms with E-state index < -0.39 is 11.6 Å². The van der Waals surface area contributed by atoms with Gasteiger partial charge in [0.2, 0.25) is 11.6 Å². The van der Waals surface area contributed by atoms with Crippen LogP contribution in [-0.4, -0.2) is 40.6 Å². The maximum atomic E-state index is 14.0. The number of nitrogens with zero attached hydrogens (tertiary/aromatic N) is 1. The molecule has 1 atom stereocenters. The molecule has 2 aromatic rings. The molecule has 2 aromatic carbocycles. The topological polar surface area (TPSA) is 57.6 Å². The molecule has 0 spiro atoms. The summed E-state index contributed by atoms with van der Waals surface area (Å²) in [5.41, 5.74) is 0.666. The van der Waals surface area contributed by atoms with Gasteiger partial charge in [0.1, 0.15) is 0 Å². The van der Waals surface area contributed by atoms with Crippen molar-refractivity contribution in [1.29, 1.82) is 0 Å². The molecule has 4 nitrogen and oxygen atoms in total. The van der Waals surface area contributed by atoms with Crippen LogP contribution in [0.15, 0.2) is 54.6 Å². The van der Waals surface area contributed by atoms with Gasteiger partial charge in [0.25, 0.3) is 0 Å². The first kappa shape index (κ1) is 16.2. The van der Waals surface area contributed by atoms with E-state index in [-0.39, 0.29) is 31.8 Å². The Hall–Kier alpha value is -2.69. The summed E-state index contributed by atoms with van der Waals surface area (Å²) < 4.78 is 14.0. The maximum absolute atomic E-state index is 14.0. The Morgan fingerprint density at radius 1 is 1.04 bits per heavy atom. The molecule has 24 heavy (non-hydrogen) atoms. The first-order valence-electron chi connectivity index (χ1n) is 7.82. The Labute approximate surface area is 139 Å². The van der Waals surface area contributed by atoms with Crippen LogP contribution in [0.3, 0.4) is 0 Å². The number of rotatable bonds is 4. The van der Waals surface area contributed by atoms with Gasteiger partial charge in [0.05, 0.1) is 13.0 Å². The molecule has 0 aliphatic carbocycles. The highest BCUT2D eigenvalue weighted by atomic mass is 19.1. The number of carboxylic acid groups (broad SMARTS) is 1. The van der Waals surface area contributed by atoms with E-state index in [1.54, 1.807) is 0 Å². The molecule has 0 radical (unpaired) electrons. The third-order valence-corrected chi connectivity index (χ3v) is 4.37. The number of carbonyl (C=O) groups excluding carboxylic acids is 1. The lowest BCUT2D eigenvalue weighted by Crippen LogP contribution is -2.39. The molecule has 0 bridgehead atoms. The number of benzene rings is 2. The van der Waals surface area contributed by atoms with Gasteiger partial charge in [0, 0.05) is 13.0 Å². The highest BCUT2D eigenvalue weighted by Gasteiger charge is 2.46. The second kappa shape index (κ2) is 6.43. The molecule has 5 heteroatoms. The van der Waals surface area contributed by atoms with Crippen LogP contribution in [0.2, 0.25) is 0 Å². The number of carboxylic acids is 1. The number of likely N-dealkylation sites (tertiary alicyclic amines) is 1. The highest BCUT2D eigenvalue weighted by molar-refractivity contribution is 5.83. The van der Waals surface area contributed by atoms with Crippen LogP contribution >= 0.6 is 0 Å². The van der Waals surface area contributed by atoms with Gasteiger partial charge >= 0.3 is 5.97 Å². The van der Waals surface area contributed by atoms with Gasteiger partial charge in [-0.25, -0.2) is 9.18 Å². The molecule has 1 unspecified atom stereocenters. The summed E-state index contributed by atoms with van der Waals surface area (Å²) in [5, 5.41) is 8.89. The van der Waals surface area contributed by atoms with Crippen LogP contribution in [0.5, 0.6) is 0 Å². The zero-order chi connectivity index (χ0) is 17.2. The van der Waals surface area contributed by atoms with Crippen molar-refractivity contribution < 1.29 is 19.1 Å². The number of alkyl halides is 1. The number of carbonyl (C=O) groups is 2. The van der Waals surface area contributed by atoms with E-state index in [2.05, 4.69) is 0 Å². The van der Waals surface area contributed by atoms with Crippen molar-refractivity contribution in [2.45, 2.75) is 18.5 Å². The molecule has 1 aliphatic rings.